The summed E-state index contributed by atoms with van der Waals surface area (Å²) in [4.78, 5) is 0. The molecule has 0 amide bonds. The van der Waals surface area contributed by atoms with Gasteiger partial charge in [-0.15, -0.1) is 0 Å². The molecule has 1 aliphatic rings. The lowest BCUT2D eigenvalue weighted by atomic mass is 10.2. The third-order valence-corrected chi connectivity index (χ3v) is 2.51. The van der Waals surface area contributed by atoms with Gasteiger partial charge in [-0.25, -0.2) is 4.39 Å². The van der Waals surface area contributed by atoms with Crippen molar-refractivity contribution in [2.24, 2.45) is 0 Å². The van der Waals surface area contributed by atoms with Crippen molar-refractivity contribution in [3.63, 3.8) is 0 Å². The van der Waals surface area contributed by atoms with Crippen molar-refractivity contribution in [3.8, 4) is 0 Å². The molecule has 0 spiro atoms. The van der Waals surface area contributed by atoms with Crippen LogP contribution in [-0.4, -0.2) is 0 Å². The molecule has 0 heterocycles. The average molecular weight is 211 g/mol. The highest BCUT2D eigenvalue weighted by atomic mass is 79.9. The fourth-order valence-electron chi connectivity index (χ4n) is 0.637. The molecule has 3 heteroatoms. The van der Waals surface area contributed by atoms with Crippen molar-refractivity contribution in [2.75, 3.05) is 0 Å². The van der Waals surface area contributed by atoms with Crippen LogP contribution in [0.3, 0.4) is 0 Å². The second-order valence-corrected chi connectivity index (χ2v) is 3.21. The van der Waals surface area contributed by atoms with Crippen LogP contribution in [-0.2, 0) is 0 Å². The summed E-state index contributed by atoms with van der Waals surface area (Å²) in [7, 11) is 0. The molecule has 0 bridgehead atoms. The van der Waals surface area contributed by atoms with Gasteiger partial charge >= 0.3 is 0 Å². The summed E-state index contributed by atoms with van der Waals surface area (Å²) in [6.45, 7) is 0. The van der Waals surface area contributed by atoms with Crippen LogP contribution in [0, 0.1) is 0 Å². The third-order valence-electron chi connectivity index (χ3n) is 1.13. The first-order chi connectivity index (χ1) is 4.20. The summed E-state index contributed by atoms with van der Waals surface area (Å²) in [5.41, 5.74) is 0. The van der Waals surface area contributed by atoms with Crippen LogP contribution in [0.2, 0.25) is 0 Å². The molecule has 0 aromatic carbocycles. The molecule has 50 valence electrons. The molecule has 0 atom stereocenters. The summed E-state index contributed by atoms with van der Waals surface area (Å²) in [5.74, 6) is -0.136. The van der Waals surface area contributed by atoms with Gasteiger partial charge in [-0.3, -0.25) is 0 Å². The van der Waals surface area contributed by atoms with Gasteiger partial charge in [0.25, 0.3) is 0 Å². The molecule has 1 rings (SSSR count). The van der Waals surface area contributed by atoms with E-state index in [0.717, 1.165) is 4.48 Å². The van der Waals surface area contributed by atoms with E-state index < -0.39 is 0 Å². The molecule has 0 saturated heterocycles. The van der Waals surface area contributed by atoms with E-state index in [1.54, 1.807) is 0 Å². The lowest BCUT2D eigenvalue weighted by molar-refractivity contribution is 0.586. The fourth-order valence-corrected chi connectivity index (χ4v) is 1.16. The lowest BCUT2D eigenvalue weighted by Crippen LogP contribution is -1.86. The first-order valence-electron chi connectivity index (χ1n) is 2.60. The van der Waals surface area contributed by atoms with Gasteiger partial charge in [0.05, 0.1) is 5.03 Å². The normalized spacial score (nSPS) is 20.1. The van der Waals surface area contributed by atoms with E-state index in [9.17, 15) is 4.39 Å². The minimum atomic E-state index is -0.136. The Bertz CT molecular complexity index is 183. The van der Waals surface area contributed by atoms with Crippen LogP contribution < -0.4 is 0 Å². The summed E-state index contributed by atoms with van der Waals surface area (Å²) in [5, 5.41) is 0.485. The Labute approximate surface area is 66.5 Å². The SMILES string of the molecule is FC1=CC(Cl)=C(Br)CC1. The van der Waals surface area contributed by atoms with E-state index in [0.29, 0.717) is 17.9 Å². The van der Waals surface area contributed by atoms with Crippen LogP contribution in [0.5, 0.6) is 0 Å². The second-order valence-electron chi connectivity index (χ2n) is 1.84. The molecule has 0 unspecified atom stereocenters. The zero-order valence-electron chi connectivity index (χ0n) is 4.63. The number of halogens is 3. The van der Waals surface area contributed by atoms with Crippen LogP contribution in [0.25, 0.3) is 0 Å². The van der Waals surface area contributed by atoms with Gasteiger partial charge in [0.2, 0.25) is 0 Å². The maximum absolute atomic E-state index is 12.3. The van der Waals surface area contributed by atoms with Crippen molar-refractivity contribution in [1.82, 2.24) is 0 Å². The van der Waals surface area contributed by atoms with Crippen LogP contribution in [0.1, 0.15) is 12.8 Å². The molecule has 0 saturated carbocycles. The van der Waals surface area contributed by atoms with E-state index >= 15 is 0 Å². The standard InChI is InChI=1S/C6H5BrClF/c7-5-2-1-4(9)3-6(5)8/h3H,1-2H2. The average Bonchev–Trinajstić information content (AvgIpc) is 1.80. The topological polar surface area (TPSA) is 0 Å². The maximum Gasteiger partial charge on any atom is 0.102 e. The molecule has 0 radical (unpaired) electrons. The van der Waals surface area contributed by atoms with Gasteiger partial charge in [-0.1, -0.05) is 27.5 Å². The molecule has 0 aliphatic heterocycles. The van der Waals surface area contributed by atoms with E-state index in [1.165, 1.54) is 6.08 Å². The predicted molar refractivity (Wildman–Crippen MR) is 40.2 cm³/mol. The third kappa shape index (κ3) is 1.80. The number of allylic oxidation sites excluding steroid dienone is 4. The first kappa shape index (κ1) is 7.29. The number of rotatable bonds is 0. The lowest BCUT2D eigenvalue weighted by Gasteiger charge is -2.05. The van der Waals surface area contributed by atoms with Gasteiger partial charge in [-0.05, 0) is 12.5 Å². The van der Waals surface area contributed by atoms with Crippen LogP contribution in [0.15, 0.2) is 21.4 Å². The van der Waals surface area contributed by atoms with Gasteiger partial charge in [-0.2, -0.15) is 0 Å². The summed E-state index contributed by atoms with van der Waals surface area (Å²) in [6.07, 6.45) is 2.49. The Morgan fingerprint density at radius 2 is 2.22 bits per heavy atom. The fraction of sp³-hybridized carbons (Fsp3) is 0.333. The van der Waals surface area contributed by atoms with Crippen molar-refractivity contribution in [1.29, 1.82) is 0 Å². The molecule has 0 fully saturated rings. The summed E-state index contributed by atoms with van der Waals surface area (Å²) >= 11 is 8.80. The minimum absolute atomic E-state index is 0.136. The molecule has 0 aromatic heterocycles. The van der Waals surface area contributed by atoms with Gasteiger partial charge in [0.15, 0.2) is 0 Å². The Kier molecular flexibility index (Phi) is 2.30. The van der Waals surface area contributed by atoms with Crippen LogP contribution >= 0.6 is 27.5 Å². The summed E-state index contributed by atoms with van der Waals surface area (Å²) < 4.78 is 13.2. The molecular formula is C6H5BrClF. The number of hydrogen-bond donors (Lipinski definition) is 0. The monoisotopic (exact) mass is 210 g/mol. The zero-order valence-corrected chi connectivity index (χ0v) is 6.97. The molecular weight excluding hydrogens is 206 g/mol. The van der Waals surface area contributed by atoms with Crippen molar-refractivity contribution < 1.29 is 4.39 Å². The predicted octanol–water partition coefficient (Wildman–Crippen LogP) is 3.48. The first-order valence-corrected chi connectivity index (χ1v) is 3.77. The van der Waals surface area contributed by atoms with Crippen molar-refractivity contribution >= 4 is 27.5 Å². The maximum atomic E-state index is 12.3. The highest BCUT2D eigenvalue weighted by Crippen LogP contribution is 2.30. The second kappa shape index (κ2) is 2.84. The highest BCUT2D eigenvalue weighted by Gasteiger charge is 2.08. The Morgan fingerprint density at radius 1 is 1.56 bits per heavy atom. The largest absolute Gasteiger partial charge is 0.212 e. The Balaban J connectivity index is 2.83. The summed E-state index contributed by atoms with van der Waals surface area (Å²) in [6, 6.07) is 0. The van der Waals surface area contributed by atoms with Crippen LogP contribution in [0.4, 0.5) is 4.39 Å². The van der Waals surface area contributed by atoms with E-state index in [2.05, 4.69) is 15.9 Å². The molecule has 0 aromatic rings. The van der Waals surface area contributed by atoms with Crippen molar-refractivity contribution in [3.05, 3.63) is 21.4 Å². The van der Waals surface area contributed by atoms with E-state index in [-0.39, 0.29) is 5.83 Å². The minimum Gasteiger partial charge on any atom is -0.212 e. The Hall–Kier alpha value is 0.180. The van der Waals surface area contributed by atoms with Crippen molar-refractivity contribution in [2.45, 2.75) is 12.8 Å². The molecule has 0 nitrogen and oxygen atoms in total. The Morgan fingerprint density at radius 3 is 2.67 bits per heavy atom. The smallest absolute Gasteiger partial charge is 0.102 e. The van der Waals surface area contributed by atoms with Gasteiger partial charge < -0.3 is 0 Å². The number of hydrogen-bond acceptors (Lipinski definition) is 0. The van der Waals surface area contributed by atoms with E-state index in [4.69, 9.17) is 11.6 Å². The molecule has 1 aliphatic carbocycles. The van der Waals surface area contributed by atoms with E-state index in [1.807, 2.05) is 0 Å². The van der Waals surface area contributed by atoms with Gasteiger partial charge in [0.1, 0.15) is 5.83 Å². The molecule has 0 N–H and O–H groups in total. The zero-order chi connectivity index (χ0) is 6.85. The quantitative estimate of drug-likeness (QED) is 0.575. The molecule has 9 heavy (non-hydrogen) atoms. The van der Waals surface area contributed by atoms with Gasteiger partial charge in [0, 0.05) is 10.9 Å². The highest BCUT2D eigenvalue weighted by molar-refractivity contribution is 9.11.